The van der Waals surface area contributed by atoms with Crippen LogP contribution in [0.2, 0.25) is 0 Å². The van der Waals surface area contributed by atoms with Gasteiger partial charge < -0.3 is 19.7 Å². The quantitative estimate of drug-likeness (QED) is 0.0866. The lowest BCUT2D eigenvalue weighted by molar-refractivity contribution is 0.298. The average molecular weight is 631 g/mol. The molecule has 4 nitrogen and oxygen atoms in total. The first-order chi connectivity index (χ1) is 22.6. The van der Waals surface area contributed by atoms with E-state index in [4.69, 9.17) is 9.47 Å². The highest BCUT2D eigenvalue weighted by atomic mass is 16.5. The molecular weight excluding hydrogens is 568 g/mol. The molecule has 0 saturated carbocycles. The Morgan fingerprint density at radius 3 is 0.978 bits per heavy atom. The Kier molecular flexibility index (Phi) is 18.8. The minimum atomic E-state index is 0.245. The van der Waals surface area contributed by atoms with Gasteiger partial charge in [0.2, 0.25) is 0 Å². The summed E-state index contributed by atoms with van der Waals surface area (Å²) in [5, 5.41) is 19.9. The van der Waals surface area contributed by atoms with Crippen molar-refractivity contribution in [2.45, 2.75) is 142 Å². The van der Waals surface area contributed by atoms with E-state index in [0.717, 1.165) is 46.6 Å². The zero-order valence-corrected chi connectivity index (χ0v) is 29.0. The van der Waals surface area contributed by atoms with Crippen LogP contribution < -0.4 is 9.47 Å². The van der Waals surface area contributed by atoms with Crippen molar-refractivity contribution in [3.63, 3.8) is 0 Å². The summed E-state index contributed by atoms with van der Waals surface area (Å²) in [6.07, 6.45) is 25.8. The summed E-state index contributed by atoms with van der Waals surface area (Å²) in [5.74, 6) is 2.12. The summed E-state index contributed by atoms with van der Waals surface area (Å²) in [5.41, 5.74) is 3.90. The zero-order chi connectivity index (χ0) is 32.7. The van der Waals surface area contributed by atoms with Crippen LogP contribution in [-0.4, -0.2) is 23.4 Å². The van der Waals surface area contributed by atoms with Crippen LogP contribution in [0.1, 0.15) is 142 Å². The molecule has 3 aromatic rings. The summed E-state index contributed by atoms with van der Waals surface area (Å²) < 4.78 is 13.0. The molecule has 0 amide bonds. The SMILES string of the molecule is CCCCCCCCCCCCOc1cc(-c2ccc(O)cc2)c(OCCCCCCCCCCCC)cc1-c1ccc(O)cc1. The van der Waals surface area contributed by atoms with Crippen LogP contribution in [0.25, 0.3) is 22.3 Å². The lowest BCUT2D eigenvalue weighted by atomic mass is 9.97. The molecule has 0 bridgehead atoms. The van der Waals surface area contributed by atoms with E-state index in [1.54, 1.807) is 24.3 Å². The van der Waals surface area contributed by atoms with E-state index in [1.165, 1.54) is 116 Å². The second-order valence-corrected chi connectivity index (χ2v) is 13.0. The Balaban J connectivity index is 1.63. The normalized spacial score (nSPS) is 11.2. The van der Waals surface area contributed by atoms with E-state index in [2.05, 4.69) is 26.0 Å². The van der Waals surface area contributed by atoms with Crippen LogP contribution in [-0.2, 0) is 0 Å². The van der Waals surface area contributed by atoms with Gasteiger partial charge in [-0.3, -0.25) is 0 Å². The molecule has 3 rings (SSSR count). The Morgan fingerprint density at radius 1 is 0.391 bits per heavy atom. The predicted octanol–water partition coefficient (Wildman–Crippen LogP) is 13.0. The summed E-state index contributed by atoms with van der Waals surface area (Å²) in [7, 11) is 0. The first-order valence-electron chi connectivity index (χ1n) is 18.6. The number of ether oxygens (including phenoxy) is 2. The maximum absolute atomic E-state index is 9.95. The van der Waals surface area contributed by atoms with E-state index >= 15 is 0 Å². The first kappa shape index (κ1) is 37.3. The highest BCUT2D eigenvalue weighted by molar-refractivity contribution is 5.81. The summed E-state index contributed by atoms with van der Waals surface area (Å²) >= 11 is 0. The molecule has 0 aliphatic rings. The second kappa shape index (κ2) is 23.2. The van der Waals surface area contributed by atoms with Crippen molar-refractivity contribution in [2.75, 3.05) is 13.2 Å². The van der Waals surface area contributed by atoms with Gasteiger partial charge in [-0.15, -0.1) is 0 Å². The van der Waals surface area contributed by atoms with Crippen molar-refractivity contribution in [1.82, 2.24) is 0 Å². The Bertz CT molecular complexity index is 1090. The van der Waals surface area contributed by atoms with E-state index in [9.17, 15) is 10.2 Å². The third kappa shape index (κ3) is 14.5. The van der Waals surface area contributed by atoms with Crippen molar-refractivity contribution in [2.24, 2.45) is 0 Å². The van der Waals surface area contributed by atoms with Crippen molar-refractivity contribution in [1.29, 1.82) is 0 Å². The molecule has 46 heavy (non-hydrogen) atoms. The van der Waals surface area contributed by atoms with Crippen LogP contribution in [0.3, 0.4) is 0 Å². The van der Waals surface area contributed by atoms with Crippen molar-refractivity contribution in [3.8, 4) is 45.3 Å². The number of aromatic hydroxyl groups is 2. The molecule has 254 valence electrons. The summed E-state index contributed by atoms with van der Waals surface area (Å²) in [6.45, 7) is 5.86. The largest absolute Gasteiger partial charge is 0.508 e. The van der Waals surface area contributed by atoms with Gasteiger partial charge in [-0.25, -0.2) is 0 Å². The van der Waals surface area contributed by atoms with Crippen LogP contribution in [0.15, 0.2) is 60.7 Å². The molecule has 0 saturated heterocycles. The standard InChI is InChI=1S/C42H62O4/c1-3-5-7-9-11-13-15-17-19-21-31-45-41-33-40(36-25-29-38(44)30-26-36)42(34-39(41)35-23-27-37(43)28-24-35)46-32-22-20-18-16-14-12-10-8-6-4-2/h23-30,33-34,43-44H,3-22,31-32H2,1-2H3. The van der Waals surface area contributed by atoms with Crippen LogP contribution >= 0.6 is 0 Å². The lowest BCUT2D eigenvalue weighted by Crippen LogP contribution is -2.03. The molecule has 0 aliphatic heterocycles. The van der Waals surface area contributed by atoms with Crippen LogP contribution in [0.4, 0.5) is 0 Å². The van der Waals surface area contributed by atoms with Gasteiger partial charge in [0.1, 0.15) is 23.0 Å². The lowest BCUT2D eigenvalue weighted by Gasteiger charge is -2.19. The first-order valence-corrected chi connectivity index (χ1v) is 18.6. The molecule has 0 spiro atoms. The second-order valence-electron chi connectivity index (χ2n) is 13.0. The van der Waals surface area contributed by atoms with Gasteiger partial charge in [-0.2, -0.15) is 0 Å². The van der Waals surface area contributed by atoms with E-state index in [-0.39, 0.29) is 11.5 Å². The van der Waals surface area contributed by atoms with Gasteiger partial charge in [-0.1, -0.05) is 154 Å². The molecule has 0 aromatic heterocycles. The number of phenols is 2. The monoisotopic (exact) mass is 630 g/mol. The number of unbranched alkanes of at least 4 members (excludes halogenated alkanes) is 18. The molecule has 0 aliphatic carbocycles. The van der Waals surface area contributed by atoms with E-state index in [1.807, 2.05) is 24.3 Å². The fourth-order valence-corrected chi connectivity index (χ4v) is 6.08. The zero-order valence-electron chi connectivity index (χ0n) is 29.0. The fourth-order valence-electron chi connectivity index (χ4n) is 6.08. The van der Waals surface area contributed by atoms with Gasteiger partial charge in [0.05, 0.1) is 13.2 Å². The molecule has 3 aromatic carbocycles. The number of benzene rings is 3. The topological polar surface area (TPSA) is 58.9 Å². The Morgan fingerprint density at radius 2 is 0.674 bits per heavy atom. The van der Waals surface area contributed by atoms with Gasteiger partial charge in [0.25, 0.3) is 0 Å². The molecule has 0 unspecified atom stereocenters. The smallest absolute Gasteiger partial charge is 0.128 e. The highest BCUT2D eigenvalue weighted by Crippen LogP contribution is 2.42. The van der Waals surface area contributed by atoms with Crippen LogP contribution in [0.5, 0.6) is 23.0 Å². The number of hydrogen-bond acceptors (Lipinski definition) is 4. The van der Waals surface area contributed by atoms with E-state index < -0.39 is 0 Å². The molecule has 0 radical (unpaired) electrons. The Hall–Kier alpha value is -3.14. The molecule has 2 N–H and O–H groups in total. The minimum absolute atomic E-state index is 0.245. The fraction of sp³-hybridized carbons (Fsp3) is 0.571. The van der Waals surface area contributed by atoms with Gasteiger partial charge >= 0.3 is 0 Å². The summed E-state index contributed by atoms with van der Waals surface area (Å²) in [4.78, 5) is 0. The summed E-state index contributed by atoms with van der Waals surface area (Å²) in [6, 6.07) is 18.8. The van der Waals surface area contributed by atoms with Crippen molar-refractivity contribution >= 4 is 0 Å². The third-order valence-electron chi connectivity index (χ3n) is 8.95. The average Bonchev–Trinajstić information content (AvgIpc) is 3.07. The molecule has 0 fully saturated rings. The molecular formula is C42H62O4. The van der Waals surface area contributed by atoms with Gasteiger partial charge in [0, 0.05) is 11.1 Å². The molecule has 0 heterocycles. The molecule has 4 heteroatoms. The van der Waals surface area contributed by atoms with Crippen molar-refractivity contribution < 1.29 is 19.7 Å². The predicted molar refractivity (Wildman–Crippen MR) is 195 cm³/mol. The molecule has 0 atom stereocenters. The minimum Gasteiger partial charge on any atom is -0.508 e. The van der Waals surface area contributed by atoms with Gasteiger partial charge in [0.15, 0.2) is 0 Å². The number of phenolic OH excluding ortho intramolecular Hbond substituents is 2. The van der Waals surface area contributed by atoms with Crippen molar-refractivity contribution in [3.05, 3.63) is 60.7 Å². The maximum Gasteiger partial charge on any atom is 0.128 e. The Labute approximate surface area is 280 Å². The van der Waals surface area contributed by atoms with Gasteiger partial charge in [-0.05, 0) is 60.4 Å². The van der Waals surface area contributed by atoms with E-state index in [0.29, 0.717) is 13.2 Å². The number of rotatable bonds is 26. The maximum atomic E-state index is 9.95. The number of hydrogen-bond donors (Lipinski definition) is 2. The third-order valence-corrected chi connectivity index (χ3v) is 8.95. The highest BCUT2D eigenvalue weighted by Gasteiger charge is 2.16. The van der Waals surface area contributed by atoms with Crippen LogP contribution in [0, 0.1) is 0 Å².